The number of ether oxygens (including phenoxy) is 1. The van der Waals surface area contributed by atoms with Gasteiger partial charge in [-0.2, -0.15) is 5.10 Å². The van der Waals surface area contributed by atoms with Crippen molar-refractivity contribution in [2.45, 2.75) is 58.7 Å². The van der Waals surface area contributed by atoms with Gasteiger partial charge in [0, 0.05) is 16.8 Å². The number of amides is 1. The average molecular weight is 477 g/mol. The molecule has 32 heavy (non-hydrogen) atoms. The number of aromatic nitrogens is 3. The molecule has 1 amide bonds. The second kappa shape index (κ2) is 9.89. The van der Waals surface area contributed by atoms with E-state index in [-0.39, 0.29) is 11.6 Å². The lowest BCUT2D eigenvalue weighted by molar-refractivity contribution is 0.155. The van der Waals surface area contributed by atoms with Crippen LogP contribution in [0, 0.1) is 0 Å². The fourth-order valence-corrected chi connectivity index (χ4v) is 3.65. The van der Waals surface area contributed by atoms with Crippen molar-refractivity contribution in [2.75, 3.05) is 5.32 Å². The molecule has 2 aromatic heterocycles. The van der Waals surface area contributed by atoms with Gasteiger partial charge in [0.1, 0.15) is 25.2 Å². The van der Waals surface area contributed by atoms with E-state index in [1.54, 1.807) is 29.3 Å². The zero-order valence-corrected chi connectivity index (χ0v) is 20.8. The molecule has 0 unspecified atom stereocenters. The Morgan fingerprint density at radius 1 is 1.25 bits per heavy atom. The Balaban J connectivity index is 1.49. The van der Waals surface area contributed by atoms with Crippen molar-refractivity contribution in [3.63, 3.8) is 0 Å². The summed E-state index contributed by atoms with van der Waals surface area (Å²) in [5, 5.41) is 7.56. The molecule has 0 spiro atoms. The van der Waals surface area contributed by atoms with Gasteiger partial charge in [0.05, 0.1) is 18.4 Å². The molecule has 0 fully saturated rings. The lowest BCUT2D eigenvalue weighted by atomic mass is 10.2. The number of carbonyl (C=O) groups excluding carboxylic acids is 1. The number of oxazole rings is 1. The smallest absolute Gasteiger partial charge is 0.412 e. The largest absolute Gasteiger partial charge is 0.446 e. The first-order valence-electron chi connectivity index (χ1n) is 10.3. The van der Waals surface area contributed by atoms with Crippen LogP contribution in [0.4, 0.5) is 10.5 Å². The quantitative estimate of drug-likeness (QED) is 0.410. The van der Waals surface area contributed by atoms with E-state index in [0.29, 0.717) is 29.8 Å². The van der Waals surface area contributed by atoms with Crippen LogP contribution in [0.2, 0.25) is 23.2 Å². The van der Waals surface area contributed by atoms with Crippen molar-refractivity contribution < 1.29 is 18.4 Å². The molecule has 0 saturated carbocycles. The van der Waals surface area contributed by atoms with Crippen LogP contribution < -0.4 is 5.32 Å². The zero-order chi connectivity index (χ0) is 23.4. The monoisotopic (exact) mass is 476 g/mol. The number of halogens is 1. The van der Waals surface area contributed by atoms with Crippen molar-refractivity contribution in [3.8, 4) is 0 Å². The molecule has 2 heterocycles. The van der Waals surface area contributed by atoms with Gasteiger partial charge in [-0.1, -0.05) is 50.6 Å². The van der Waals surface area contributed by atoms with Crippen molar-refractivity contribution >= 4 is 31.7 Å². The summed E-state index contributed by atoms with van der Waals surface area (Å²) in [7, 11) is -1.87. The minimum Gasteiger partial charge on any atom is -0.446 e. The summed E-state index contributed by atoms with van der Waals surface area (Å²) < 4.78 is 18.6. The number of benzene rings is 1. The van der Waals surface area contributed by atoms with E-state index in [0.717, 1.165) is 11.3 Å². The first kappa shape index (κ1) is 24.0. The van der Waals surface area contributed by atoms with E-state index in [2.05, 4.69) is 49.3 Å². The maximum atomic E-state index is 12.0. The molecule has 0 aliphatic carbocycles. The highest BCUT2D eigenvalue weighted by Crippen LogP contribution is 2.37. The number of anilines is 1. The molecule has 0 radical (unpaired) electrons. The second-order valence-electron chi connectivity index (χ2n) is 9.00. The summed E-state index contributed by atoms with van der Waals surface area (Å²) >= 11 is 6.07. The van der Waals surface area contributed by atoms with Crippen LogP contribution in [-0.4, -0.2) is 29.2 Å². The molecule has 172 valence electrons. The lowest BCUT2D eigenvalue weighted by Crippen LogP contribution is -2.40. The fraction of sp³-hybridized carbons (Fsp3) is 0.409. The minimum atomic E-state index is -1.87. The number of carbonyl (C=O) groups is 1. The summed E-state index contributed by atoms with van der Waals surface area (Å²) in [4.78, 5) is 16.5. The zero-order valence-electron chi connectivity index (χ0n) is 19.0. The van der Waals surface area contributed by atoms with Crippen LogP contribution in [0.15, 0.2) is 47.3 Å². The van der Waals surface area contributed by atoms with Crippen LogP contribution in [0.25, 0.3) is 0 Å². The fourth-order valence-electron chi connectivity index (χ4n) is 2.54. The van der Waals surface area contributed by atoms with Crippen LogP contribution in [0.5, 0.6) is 0 Å². The van der Waals surface area contributed by atoms with E-state index in [1.807, 2.05) is 12.1 Å². The maximum Gasteiger partial charge on any atom is 0.412 e. The predicted molar refractivity (Wildman–Crippen MR) is 125 cm³/mol. The van der Waals surface area contributed by atoms with E-state index in [1.165, 1.54) is 6.20 Å². The van der Waals surface area contributed by atoms with Crippen LogP contribution in [0.3, 0.4) is 0 Å². The Morgan fingerprint density at radius 2 is 2.00 bits per heavy atom. The number of nitrogens with zero attached hydrogens (tertiary/aromatic N) is 3. The summed E-state index contributed by atoms with van der Waals surface area (Å²) in [5.41, 5.74) is 1.97. The number of rotatable bonds is 8. The van der Waals surface area contributed by atoms with Crippen molar-refractivity contribution in [3.05, 3.63) is 65.1 Å². The molecular formula is C22H29ClN4O4Si. The standard InChI is InChI=1S/C22H29ClN4O4Si/c1-22(2,3)32(4,5)31-15-20-25-18(14-29-20)12-27-11-17(10-24-27)26-21(28)30-13-16-8-6-7-9-19(16)23/h6-11,14H,12-13,15H2,1-5H3,(H,26,28). The molecule has 3 aromatic rings. The summed E-state index contributed by atoms with van der Waals surface area (Å²) in [5.74, 6) is 0.540. The Kier molecular flexibility index (Phi) is 7.42. The van der Waals surface area contributed by atoms with Gasteiger partial charge in [-0.15, -0.1) is 0 Å². The molecule has 0 aliphatic heterocycles. The predicted octanol–water partition coefficient (Wildman–Crippen LogP) is 5.84. The summed E-state index contributed by atoms with van der Waals surface area (Å²) in [6.07, 6.45) is 4.24. The Labute approximate surface area is 194 Å². The van der Waals surface area contributed by atoms with E-state index in [9.17, 15) is 4.79 Å². The van der Waals surface area contributed by atoms with Gasteiger partial charge in [0.25, 0.3) is 0 Å². The minimum absolute atomic E-state index is 0.0817. The van der Waals surface area contributed by atoms with Crippen molar-refractivity contribution in [2.24, 2.45) is 0 Å². The molecular weight excluding hydrogens is 448 g/mol. The first-order chi connectivity index (χ1) is 15.0. The third kappa shape index (κ3) is 6.44. The highest BCUT2D eigenvalue weighted by atomic mass is 35.5. The summed E-state index contributed by atoms with van der Waals surface area (Å²) in [6.45, 7) is 11.8. The van der Waals surface area contributed by atoms with Crippen LogP contribution in [-0.2, 0) is 28.9 Å². The molecule has 0 saturated heterocycles. The average Bonchev–Trinajstić information content (AvgIpc) is 3.34. The van der Waals surface area contributed by atoms with Gasteiger partial charge < -0.3 is 13.6 Å². The summed E-state index contributed by atoms with van der Waals surface area (Å²) in [6, 6.07) is 7.20. The molecule has 0 atom stereocenters. The Morgan fingerprint density at radius 3 is 2.72 bits per heavy atom. The highest BCUT2D eigenvalue weighted by molar-refractivity contribution is 6.74. The SMILES string of the molecule is CC(C)(C)[Si](C)(C)OCc1nc(Cn2cc(NC(=O)OCc3ccccc3Cl)cn2)co1. The van der Waals surface area contributed by atoms with Gasteiger partial charge in [0.15, 0.2) is 8.32 Å². The maximum absolute atomic E-state index is 12.0. The molecule has 0 aliphatic rings. The van der Waals surface area contributed by atoms with Crippen LogP contribution in [0.1, 0.15) is 37.9 Å². The molecule has 8 nitrogen and oxygen atoms in total. The molecule has 1 N–H and O–H groups in total. The molecule has 1 aromatic carbocycles. The third-order valence-electron chi connectivity index (χ3n) is 5.48. The van der Waals surface area contributed by atoms with E-state index < -0.39 is 14.4 Å². The van der Waals surface area contributed by atoms with Crippen LogP contribution >= 0.6 is 11.6 Å². The first-order valence-corrected chi connectivity index (χ1v) is 13.6. The van der Waals surface area contributed by atoms with E-state index >= 15 is 0 Å². The number of nitrogens with one attached hydrogen (secondary N) is 1. The molecule has 0 bridgehead atoms. The number of hydrogen-bond acceptors (Lipinski definition) is 6. The Bertz CT molecular complexity index is 1060. The molecule has 3 rings (SSSR count). The van der Waals surface area contributed by atoms with Gasteiger partial charge in [-0.05, 0) is 24.2 Å². The molecule has 10 heteroatoms. The van der Waals surface area contributed by atoms with Gasteiger partial charge in [-0.25, -0.2) is 9.78 Å². The van der Waals surface area contributed by atoms with Gasteiger partial charge in [0.2, 0.25) is 5.89 Å². The van der Waals surface area contributed by atoms with Gasteiger partial charge >= 0.3 is 6.09 Å². The Hall–Kier alpha value is -2.62. The van der Waals surface area contributed by atoms with Crippen molar-refractivity contribution in [1.29, 1.82) is 0 Å². The number of hydrogen-bond donors (Lipinski definition) is 1. The second-order valence-corrected chi connectivity index (χ2v) is 14.2. The van der Waals surface area contributed by atoms with E-state index in [4.69, 9.17) is 25.2 Å². The normalized spacial score (nSPS) is 12.1. The lowest BCUT2D eigenvalue weighted by Gasteiger charge is -2.35. The topological polar surface area (TPSA) is 91.4 Å². The highest BCUT2D eigenvalue weighted by Gasteiger charge is 2.37. The van der Waals surface area contributed by atoms with Gasteiger partial charge in [-0.3, -0.25) is 10.00 Å². The third-order valence-corrected chi connectivity index (χ3v) is 10.3. The van der Waals surface area contributed by atoms with Crippen molar-refractivity contribution in [1.82, 2.24) is 14.8 Å².